The minimum atomic E-state index is 0.267. The van der Waals surface area contributed by atoms with Crippen molar-refractivity contribution < 1.29 is 9.53 Å². The number of carbonyl (C=O) groups is 1. The van der Waals surface area contributed by atoms with Crippen molar-refractivity contribution >= 4 is 41.1 Å². The summed E-state index contributed by atoms with van der Waals surface area (Å²) >= 11 is 17.9. The highest BCUT2D eigenvalue weighted by molar-refractivity contribution is 6.48. The van der Waals surface area contributed by atoms with Crippen LogP contribution in [-0.2, 0) is 6.61 Å². The van der Waals surface area contributed by atoms with Gasteiger partial charge in [0.05, 0.1) is 10.0 Å². The molecule has 0 aliphatic carbocycles. The number of carbonyl (C=O) groups excluding carboxylic acids is 1. The van der Waals surface area contributed by atoms with Gasteiger partial charge in [0.1, 0.15) is 23.7 Å². The Hall–Kier alpha value is -1.26. The van der Waals surface area contributed by atoms with E-state index in [9.17, 15) is 4.79 Å². The Morgan fingerprint density at radius 2 is 1.78 bits per heavy atom. The molecule has 0 heterocycles. The molecular weight excluding hydrogens is 357 g/mol. The van der Waals surface area contributed by atoms with Crippen LogP contribution < -0.4 is 10.5 Å². The molecule has 0 spiro atoms. The summed E-state index contributed by atoms with van der Waals surface area (Å²) in [5.41, 5.74) is 7.34. The maximum atomic E-state index is 10.8. The molecule has 124 valence electrons. The third kappa shape index (κ3) is 6.04. The van der Waals surface area contributed by atoms with E-state index in [0.717, 1.165) is 24.0 Å². The Morgan fingerprint density at radius 1 is 1.13 bits per heavy atom. The molecule has 0 saturated heterocycles. The SMILES string of the molecule is CCN.Cc1cc(C=O)cc(COc2ccc(Cl)c(Cl)c2Cl)c1. The Bertz CT molecular complexity index is 675. The van der Waals surface area contributed by atoms with Crippen LogP contribution in [0.4, 0.5) is 0 Å². The monoisotopic (exact) mass is 373 g/mol. The summed E-state index contributed by atoms with van der Waals surface area (Å²) in [5.74, 6) is 0.454. The average Bonchev–Trinajstić information content (AvgIpc) is 2.52. The van der Waals surface area contributed by atoms with Crippen LogP contribution in [0, 0.1) is 6.92 Å². The summed E-state index contributed by atoms with van der Waals surface area (Å²) in [6.07, 6.45) is 0.808. The van der Waals surface area contributed by atoms with Crippen LogP contribution in [0.25, 0.3) is 0 Å². The third-order valence-corrected chi connectivity index (χ3v) is 3.97. The van der Waals surface area contributed by atoms with E-state index in [1.807, 2.05) is 26.0 Å². The number of ether oxygens (including phenoxy) is 1. The van der Waals surface area contributed by atoms with E-state index in [-0.39, 0.29) is 10.0 Å². The molecule has 0 unspecified atom stereocenters. The first-order valence-corrected chi connectivity index (χ1v) is 8.08. The van der Waals surface area contributed by atoms with E-state index in [4.69, 9.17) is 45.3 Å². The summed E-state index contributed by atoms with van der Waals surface area (Å²) in [5, 5.41) is 0.925. The third-order valence-electron chi connectivity index (χ3n) is 2.69. The average molecular weight is 375 g/mol. The molecule has 0 bridgehead atoms. The summed E-state index contributed by atoms with van der Waals surface area (Å²) in [6.45, 7) is 4.86. The van der Waals surface area contributed by atoms with Gasteiger partial charge in [-0.2, -0.15) is 0 Å². The molecular formula is C17H18Cl3NO2. The van der Waals surface area contributed by atoms with Crippen molar-refractivity contribution in [2.75, 3.05) is 6.54 Å². The number of hydrogen-bond donors (Lipinski definition) is 1. The zero-order valence-electron chi connectivity index (χ0n) is 12.9. The molecule has 0 radical (unpaired) electrons. The predicted octanol–water partition coefficient (Wildman–Crippen LogP) is 5.31. The highest BCUT2D eigenvalue weighted by Crippen LogP contribution is 2.37. The van der Waals surface area contributed by atoms with E-state index in [1.165, 1.54) is 0 Å². The van der Waals surface area contributed by atoms with Gasteiger partial charge >= 0.3 is 0 Å². The minimum Gasteiger partial charge on any atom is -0.487 e. The number of aryl methyl sites for hydroxylation is 1. The first-order valence-electron chi connectivity index (χ1n) is 6.95. The van der Waals surface area contributed by atoms with Crippen molar-refractivity contribution in [3.63, 3.8) is 0 Å². The lowest BCUT2D eigenvalue weighted by Crippen LogP contribution is -1.98. The van der Waals surface area contributed by atoms with Crippen molar-refractivity contribution in [3.05, 3.63) is 62.1 Å². The first-order chi connectivity index (χ1) is 10.9. The topological polar surface area (TPSA) is 52.3 Å². The maximum Gasteiger partial charge on any atom is 0.150 e. The van der Waals surface area contributed by atoms with Crippen LogP contribution in [0.15, 0.2) is 30.3 Å². The van der Waals surface area contributed by atoms with Gasteiger partial charge in [0.25, 0.3) is 0 Å². The minimum absolute atomic E-state index is 0.267. The fraction of sp³-hybridized carbons (Fsp3) is 0.235. The van der Waals surface area contributed by atoms with Gasteiger partial charge < -0.3 is 10.5 Å². The fourth-order valence-corrected chi connectivity index (χ4v) is 2.41. The fourth-order valence-electron chi connectivity index (χ4n) is 1.83. The van der Waals surface area contributed by atoms with Crippen molar-refractivity contribution in [2.24, 2.45) is 5.73 Å². The maximum absolute atomic E-state index is 10.8. The van der Waals surface area contributed by atoms with Gasteiger partial charge in [-0.3, -0.25) is 4.79 Å². The second-order valence-corrected chi connectivity index (χ2v) is 5.90. The predicted molar refractivity (Wildman–Crippen MR) is 97.1 cm³/mol. The smallest absolute Gasteiger partial charge is 0.150 e. The van der Waals surface area contributed by atoms with E-state index < -0.39 is 0 Å². The van der Waals surface area contributed by atoms with Crippen LogP contribution in [-0.4, -0.2) is 12.8 Å². The van der Waals surface area contributed by atoms with Crippen molar-refractivity contribution in [1.29, 1.82) is 0 Å². The molecule has 2 aromatic carbocycles. The van der Waals surface area contributed by atoms with Crippen LogP contribution >= 0.6 is 34.8 Å². The molecule has 3 nitrogen and oxygen atoms in total. The van der Waals surface area contributed by atoms with Crippen LogP contribution in [0.5, 0.6) is 5.75 Å². The van der Waals surface area contributed by atoms with E-state index in [2.05, 4.69) is 0 Å². The highest BCUT2D eigenvalue weighted by atomic mass is 35.5. The Morgan fingerprint density at radius 3 is 2.39 bits per heavy atom. The molecule has 0 saturated carbocycles. The number of rotatable bonds is 4. The molecule has 2 aromatic rings. The second kappa shape index (κ2) is 9.78. The Balaban J connectivity index is 0.000000816. The largest absolute Gasteiger partial charge is 0.487 e. The van der Waals surface area contributed by atoms with Crippen molar-refractivity contribution in [3.8, 4) is 5.75 Å². The first kappa shape index (κ1) is 19.8. The van der Waals surface area contributed by atoms with Gasteiger partial charge in [0.2, 0.25) is 0 Å². The Labute approximate surface area is 151 Å². The number of benzene rings is 2. The second-order valence-electron chi connectivity index (χ2n) is 4.74. The standard InChI is InChI=1S/C15H11Cl3O2.C2H7N/c1-9-4-10(7-19)6-11(5-9)8-20-13-3-2-12(16)14(17)15(13)18;1-2-3/h2-7H,8H2,1H3;2-3H2,1H3. The van der Waals surface area contributed by atoms with Gasteiger partial charge in [-0.1, -0.05) is 53.4 Å². The summed E-state index contributed by atoms with van der Waals surface area (Å²) in [6, 6.07) is 8.80. The number of nitrogens with two attached hydrogens (primary N) is 1. The molecule has 0 amide bonds. The summed E-state index contributed by atoms with van der Waals surface area (Å²) in [4.78, 5) is 10.8. The zero-order chi connectivity index (χ0) is 17.4. The van der Waals surface area contributed by atoms with Gasteiger partial charge in [0.15, 0.2) is 0 Å². The van der Waals surface area contributed by atoms with Gasteiger partial charge in [0, 0.05) is 5.56 Å². The molecule has 2 rings (SSSR count). The van der Waals surface area contributed by atoms with Crippen LogP contribution in [0.3, 0.4) is 0 Å². The zero-order valence-corrected chi connectivity index (χ0v) is 15.2. The molecule has 0 aliphatic heterocycles. The molecule has 0 atom stereocenters. The van der Waals surface area contributed by atoms with E-state index in [1.54, 1.807) is 18.2 Å². The van der Waals surface area contributed by atoms with Crippen LogP contribution in [0.1, 0.15) is 28.4 Å². The molecule has 0 fully saturated rings. The van der Waals surface area contributed by atoms with Gasteiger partial charge in [-0.05, 0) is 43.3 Å². The van der Waals surface area contributed by atoms with Crippen molar-refractivity contribution in [2.45, 2.75) is 20.5 Å². The molecule has 23 heavy (non-hydrogen) atoms. The van der Waals surface area contributed by atoms with Crippen molar-refractivity contribution in [1.82, 2.24) is 0 Å². The van der Waals surface area contributed by atoms with E-state index >= 15 is 0 Å². The number of hydrogen-bond acceptors (Lipinski definition) is 3. The quantitative estimate of drug-likeness (QED) is 0.582. The highest BCUT2D eigenvalue weighted by Gasteiger charge is 2.10. The van der Waals surface area contributed by atoms with E-state index in [0.29, 0.717) is 22.9 Å². The normalized spacial score (nSPS) is 9.83. The lowest BCUT2D eigenvalue weighted by atomic mass is 10.1. The summed E-state index contributed by atoms with van der Waals surface area (Å²) < 4.78 is 5.62. The number of halogens is 3. The molecule has 2 N–H and O–H groups in total. The summed E-state index contributed by atoms with van der Waals surface area (Å²) in [7, 11) is 0. The Kier molecular flexibility index (Phi) is 8.42. The molecule has 0 aromatic heterocycles. The van der Waals surface area contributed by atoms with Gasteiger partial charge in [-0.25, -0.2) is 0 Å². The molecule has 6 heteroatoms. The number of aldehydes is 1. The molecule has 0 aliphatic rings. The lowest BCUT2D eigenvalue weighted by Gasteiger charge is -2.10. The lowest BCUT2D eigenvalue weighted by molar-refractivity contribution is 0.112. The van der Waals surface area contributed by atoms with Crippen LogP contribution in [0.2, 0.25) is 15.1 Å². The van der Waals surface area contributed by atoms with Gasteiger partial charge in [-0.15, -0.1) is 0 Å².